The molecule has 1 aliphatic carbocycles. The molecule has 5 heteroatoms. The second-order valence-corrected chi connectivity index (χ2v) is 6.47. The smallest absolute Gasteiger partial charge is 0.306 e. The fourth-order valence-electron chi connectivity index (χ4n) is 2.88. The van der Waals surface area contributed by atoms with Crippen LogP contribution in [0.25, 0.3) is 0 Å². The van der Waals surface area contributed by atoms with E-state index in [-0.39, 0.29) is 37.2 Å². The van der Waals surface area contributed by atoms with Crippen LogP contribution in [0, 0.1) is 5.92 Å². The van der Waals surface area contributed by atoms with Crippen LogP contribution in [0.2, 0.25) is 0 Å². The average Bonchev–Trinajstić information content (AvgIpc) is 2.60. The molecular weight excluding hydrogens is 306 g/mol. The first kappa shape index (κ1) is 18.2. The number of rotatable bonds is 7. The van der Waals surface area contributed by atoms with Gasteiger partial charge in [0.05, 0.1) is 6.42 Å². The SMILES string of the molecule is CC1CCC(NC(=O)COC(=O)CCC(=O)c2ccccc2)CC1. The van der Waals surface area contributed by atoms with Gasteiger partial charge < -0.3 is 10.1 Å². The van der Waals surface area contributed by atoms with Gasteiger partial charge >= 0.3 is 5.97 Å². The molecule has 1 aromatic rings. The molecule has 2 rings (SSSR count). The zero-order chi connectivity index (χ0) is 17.4. The van der Waals surface area contributed by atoms with Crippen LogP contribution < -0.4 is 5.32 Å². The Morgan fingerprint density at radius 1 is 1.04 bits per heavy atom. The second-order valence-electron chi connectivity index (χ2n) is 6.47. The molecule has 0 heterocycles. The lowest BCUT2D eigenvalue weighted by atomic mass is 9.87. The highest BCUT2D eigenvalue weighted by Crippen LogP contribution is 2.23. The maximum absolute atomic E-state index is 11.9. The normalized spacial score (nSPS) is 20.2. The highest BCUT2D eigenvalue weighted by atomic mass is 16.5. The Labute approximate surface area is 142 Å². The molecular formula is C19H25NO4. The van der Waals surface area contributed by atoms with Crippen molar-refractivity contribution < 1.29 is 19.1 Å². The topological polar surface area (TPSA) is 72.5 Å². The van der Waals surface area contributed by atoms with E-state index < -0.39 is 5.97 Å². The predicted octanol–water partition coefficient (Wildman–Crippen LogP) is 2.89. The molecule has 1 amide bonds. The van der Waals surface area contributed by atoms with Crippen molar-refractivity contribution in [3.63, 3.8) is 0 Å². The van der Waals surface area contributed by atoms with Crippen LogP contribution in [-0.4, -0.2) is 30.3 Å². The zero-order valence-electron chi connectivity index (χ0n) is 14.1. The lowest BCUT2D eigenvalue weighted by molar-refractivity contribution is -0.148. The number of amides is 1. The Bertz CT molecular complexity index is 562. The highest BCUT2D eigenvalue weighted by Gasteiger charge is 2.20. The van der Waals surface area contributed by atoms with Crippen LogP contribution in [0.4, 0.5) is 0 Å². The quantitative estimate of drug-likeness (QED) is 0.616. The van der Waals surface area contributed by atoms with Crippen LogP contribution in [0.5, 0.6) is 0 Å². The van der Waals surface area contributed by atoms with E-state index in [1.807, 2.05) is 6.07 Å². The number of nitrogens with one attached hydrogen (secondary N) is 1. The van der Waals surface area contributed by atoms with Crippen molar-refractivity contribution in [3.05, 3.63) is 35.9 Å². The van der Waals surface area contributed by atoms with E-state index >= 15 is 0 Å². The zero-order valence-corrected chi connectivity index (χ0v) is 14.1. The van der Waals surface area contributed by atoms with Gasteiger partial charge in [-0.25, -0.2) is 0 Å². The minimum atomic E-state index is -0.522. The van der Waals surface area contributed by atoms with Crippen LogP contribution in [0.1, 0.15) is 55.8 Å². The molecule has 0 aromatic heterocycles. The van der Waals surface area contributed by atoms with Crippen LogP contribution in [0.15, 0.2) is 30.3 Å². The third kappa shape index (κ3) is 6.14. The van der Waals surface area contributed by atoms with Gasteiger partial charge in [-0.05, 0) is 31.6 Å². The molecule has 1 saturated carbocycles. The molecule has 0 radical (unpaired) electrons. The van der Waals surface area contributed by atoms with E-state index in [0.29, 0.717) is 5.56 Å². The number of carbonyl (C=O) groups excluding carboxylic acids is 3. The summed E-state index contributed by atoms with van der Waals surface area (Å²) >= 11 is 0. The Morgan fingerprint density at radius 3 is 2.38 bits per heavy atom. The summed E-state index contributed by atoms with van der Waals surface area (Å²) in [5.41, 5.74) is 0.578. The van der Waals surface area contributed by atoms with Gasteiger partial charge in [-0.1, -0.05) is 37.3 Å². The first-order valence-electron chi connectivity index (χ1n) is 8.58. The maximum atomic E-state index is 11.9. The number of ketones is 1. The minimum Gasteiger partial charge on any atom is -0.456 e. The van der Waals surface area contributed by atoms with Crippen molar-refractivity contribution in [1.82, 2.24) is 5.32 Å². The summed E-state index contributed by atoms with van der Waals surface area (Å²) in [6, 6.07) is 9.01. The number of ether oxygens (including phenoxy) is 1. The van der Waals surface area contributed by atoms with Gasteiger partial charge in [-0.3, -0.25) is 14.4 Å². The Hall–Kier alpha value is -2.17. The largest absolute Gasteiger partial charge is 0.456 e. The lowest BCUT2D eigenvalue weighted by Gasteiger charge is -2.26. The predicted molar refractivity (Wildman–Crippen MR) is 90.5 cm³/mol. The molecule has 130 valence electrons. The van der Waals surface area contributed by atoms with Crippen molar-refractivity contribution >= 4 is 17.7 Å². The van der Waals surface area contributed by atoms with Crippen LogP contribution >= 0.6 is 0 Å². The Morgan fingerprint density at radius 2 is 1.71 bits per heavy atom. The fraction of sp³-hybridized carbons (Fsp3) is 0.526. The third-order valence-electron chi connectivity index (χ3n) is 4.40. The molecule has 1 aromatic carbocycles. The number of carbonyl (C=O) groups is 3. The molecule has 0 unspecified atom stereocenters. The van der Waals surface area contributed by atoms with Crippen LogP contribution in [0.3, 0.4) is 0 Å². The Balaban J connectivity index is 1.62. The second kappa shape index (κ2) is 9.21. The lowest BCUT2D eigenvalue weighted by Crippen LogP contribution is -2.39. The molecule has 0 spiro atoms. The van der Waals surface area contributed by atoms with Gasteiger partial charge in [0.15, 0.2) is 12.4 Å². The molecule has 5 nitrogen and oxygen atoms in total. The standard InChI is InChI=1S/C19H25NO4/c1-14-7-9-16(10-8-14)20-18(22)13-24-19(23)12-11-17(21)15-5-3-2-4-6-15/h2-6,14,16H,7-13H2,1H3,(H,20,22). The van der Waals surface area contributed by atoms with Gasteiger partial charge in [0.2, 0.25) is 0 Å². The molecule has 0 saturated heterocycles. The highest BCUT2D eigenvalue weighted by molar-refractivity contribution is 5.97. The molecule has 1 fully saturated rings. The van der Waals surface area contributed by atoms with E-state index in [0.717, 1.165) is 31.6 Å². The summed E-state index contributed by atoms with van der Waals surface area (Å²) in [5, 5.41) is 2.90. The average molecular weight is 331 g/mol. The number of esters is 1. The molecule has 24 heavy (non-hydrogen) atoms. The van der Waals surface area contributed by atoms with Crippen LogP contribution in [-0.2, 0) is 14.3 Å². The van der Waals surface area contributed by atoms with E-state index in [1.165, 1.54) is 0 Å². The summed E-state index contributed by atoms with van der Waals surface area (Å²) in [6.45, 7) is 1.95. The number of hydrogen-bond donors (Lipinski definition) is 1. The maximum Gasteiger partial charge on any atom is 0.306 e. The minimum absolute atomic E-state index is 0.0120. The van der Waals surface area contributed by atoms with Gasteiger partial charge in [-0.2, -0.15) is 0 Å². The third-order valence-corrected chi connectivity index (χ3v) is 4.40. The molecule has 0 atom stereocenters. The summed E-state index contributed by atoms with van der Waals surface area (Å²) in [5.74, 6) is -0.171. The van der Waals surface area contributed by atoms with E-state index in [4.69, 9.17) is 4.74 Å². The van der Waals surface area contributed by atoms with E-state index in [1.54, 1.807) is 24.3 Å². The summed E-state index contributed by atoms with van der Waals surface area (Å²) in [4.78, 5) is 35.4. The molecule has 0 bridgehead atoms. The molecule has 0 aliphatic heterocycles. The summed E-state index contributed by atoms with van der Waals surface area (Å²) in [6.07, 6.45) is 4.27. The molecule has 1 aliphatic rings. The monoisotopic (exact) mass is 331 g/mol. The first-order chi connectivity index (χ1) is 11.5. The van der Waals surface area contributed by atoms with Gasteiger partial charge in [0, 0.05) is 18.0 Å². The van der Waals surface area contributed by atoms with Gasteiger partial charge in [-0.15, -0.1) is 0 Å². The van der Waals surface area contributed by atoms with Crippen molar-refractivity contribution in [2.24, 2.45) is 5.92 Å². The van der Waals surface area contributed by atoms with Crippen molar-refractivity contribution in [3.8, 4) is 0 Å². The van der Waals surface area contributed by atoms with Crippen molar-refractivity contribution in [1.29, 1.82) is 0 Å². The van der Waals surface area contributed by atoms with Crippen molar-refractivity contribution in [2.75, 3.05) is 6.61 Å². The van der Waals surface area contributed by atoms with E-state index in [9.17, 15) is 14.4 Å². The van der Waals surface area contributed by atoms with Gasteiger partial charge in [0.1, 0.15) is 0 Å². The number of hydrogen-bond acceptors (Lipinski definition) is 4. The van der Waals surface area contributed by atoms with E-state index in [2.05, 4.69) is 12.2 Å². The fourth-order valence-corrected chi connectivity index (χ4v) is 2.88. The number of benzene rings is 1. The van der Waals surface area contributed by atoms with Crippen molar-refractivity contribution in [2.45, 2.75) is 51.5 Å². The Kier molecular flexibility index (Phi) is 6.97. The first-order valence-corrected chi connectivity index (χ1v) is 8.58. The van der Waals surface area contributed by atoms with Gasteiger partial charge in [0.25, 0.3) is 5.91 Å². The molecule has 1 N–H and O–H groups in total. The summed E-state index contributed by atoms with van der Waals surface area (Å²) in [7, 11) is 0. The summed E-state index contributed by atoms with van der Waals surface area (Å²) < 4.78 is 4.95. The number of Topliss-reactive ketones (excluding diaryl/α,β-unsaturated/α-hetero) is 1.